The molecule has 0 fully saturated rings. The van der Waals surface area contributed by atoms with Crippen LogP contribution >= 0.6 is 15.9 Å². The Morgan fingerprint density at radius 2 is 1.23 bits per heavy atom. The summed E-state index contributed by atoms with van der Waals surface area (Å²) in [6, 6.07) is -1.78. The van der Waals surface area contributed by atoms with Crippen LogP contribution in [0.25, 0.3) is 0 Å². The summed E-state index contributed by atoms with van der Waals surface area (Å²) in [5.74, 6) is -5.47. The number of aliphatic carboxylic acids is 5. The van der Waals surface area contributed by atoms with Crippen molar-refractivity contribution in [2.24, 2.45) is 11.5 Å². The largest absolute Gasteiger partial charge is 1.00 e. The van der Waals surface area contributed by atoms with E-state index in [4.69, 9.17) is 37.0 Å². The van der Waals surface area contributed by atoms with E-state index in [0.717, 1.165) is 24.2 Å². The van der Waals surface area contributed by atoms with E-state index < -0.39 is 55.0 Å². The fourth-order valence-electron chi connectivity index (χ4n) is 2.31. The molecule has 0 heterocycles. The number of nitrogens with two attached hydrogens (primary N) is 2. The van der Waals surface area contributed by atoms with Crippen LogP contribution in [0, 0.1) is 0 Å². The van der Waals surface area contributed by atoms with Crippen LogP contribution in [0.5, 0.6) is 0 Å². The van der Waals surface area contributed by atoms with E-state index in [1.54, 1.807) is 0 Å². The third-order valence-electron chi connectivity index (χ3n) is 3.88. The predicted molar refractivity (Wildman–Crippen MR) is 124 cm³/mol. The van der Waals surface area contributed by atoms with Gasteiger partial charge in [-0.15, -0.1) is 0 Å². The van der Waals surface area contributed by atoms with Crippen LogP contribution in [0.15, 0.2) is 0 Å². The smallest absolute Gasteiger partial charge is 0.870 e. The average molecular weight is 586 g/mol. The predicted octanol–water partition coefficient (Wildman–Crippen LogP) is -2.69. The summed E-state index contributed by atoms with van der Waals surface area (Å²) >= 11 is 2.71. The fraction of sp³-hybridized carbons (Fsp3) is 0.737. The minimum Gasteiger partial charge on any atom is -0.870 e. The Morgan fingerprint density at radius 1 is 0.800 bits per heavy atom. The third kappa shape index (κ3) is 32.7. The molecule has 0 aromatic carbocycles. The molecule has 0 aliphatic heterocycles. The Morgan fingerprint density at radius 3 is 1.51 bits per heavy atom. The Balaban J connectivity index is -0.000000149. The zero-order chi connectivity index (χ0) is 26.4. The summed E-state index contributed by atoms with van der Waals surface area (Å²) in [5.41, 5.74) is 10.5. The summed E-state index contributed by atoms with van der Waals surface area (Å²) in [7, 11) is 0. The van der Waals surface area contributed by atoms with Gasteiger partial charge in [0.15, 0.2) is 0 Å². The van der Waals surface area contributed by atoms with E-state index in [1.807, 2.05) is 0 Å². The van der Waals surface area contributed by atoms with Crippen molar-refractivity contribution in [3.05, 3.63) is 0 Å². The normalized spacial score (nSPS) is 11.1. The average Bonchev–Trinajstić information content (AvgIpc) is 2.70. The van der Waals surface area contributed by atoms with Gasteiger partial charge in [0.1, 0.15) is 17.4 Å². The molecular weight excluding hydrogens is 549 g/mol. The topological polar surface area (TPSA) is 272 Å². The zero-order valence-corrected chi connectivity index (χ0v) is 23.7. The molecule has 2 unspecified atom stereocenters. The molecule has 0 aromatic rings. The summed E-state index contributed by atoms with van der Waals surface area (Å²) in [4.78, 5) is 52.7. The number of hydrogen-bond acceptors (Lipinski definition) is 9. The standard InChI is InChI=1S/C10H18N2O6.C7H15NO2.C2H3BrO2.Na.H2O/c11-4-2-1-3-7(10(17)18)12(5-8(13)14)6-9(15)16;1-2-3-4-5-6(8)7(9)10;3-1-2(4)5;;/h7H,1-6,11H2,(H,13,14)(H,15,16)(H,17,18);6H,2-5,8H2,1H3,(H,9,10);1H2,(H,4,5);;1H2/q;;;+1;/p-1. The van der Waals surface area contributed by atoms with Crippen LogP contribution in [0.2, 0.25) is 0 Å². The maximum atomic E-state index is 11.0. The van der Waals surface area contributed by atoms with E-state index in [-0.39, 0.29) is 46.8 Å². The molecule has 0 bridgehead atoms. The van der Waals surface area contributed by atoms with E-state index in [2.05, 4.69) is 22.9 Å². The monoisotopic (exact) mass is 585 g/mol. The Bertz CT molecular complexity index is 584. The molecular formula is C19H37BrN3NaO11. The number of carboxylic acid groups (broad SMARTS) is 5. The molecule has 0 saturated carbocycles. The number of nitrogens with zero attached hydrogens (tertiary/aromatic N) is 1. The molecule has 35 heavy (non-hydrogen) atoms. The Kier molecular flexibility index (Phi) is 36.1. The second-order valence-corrected chi connectivity index (χ2v) is 7.36. The number of alkyl halides is 1. The van der Waals surface area contributed by atoms with Gasteiger partial charge in [0.05, 0.1) is 13.1 Å². The van der Waals surface area contributed by atoms with Gasteiger partial charge < -0.3 is 42.5 Å². The van der Waals surface area contributed by atoms with Gasteiger partial charge in [-0.25, -0.2) is 0 Å². The first-order valence-corrected chi connectivity index (χ1v) is 11.3. The summed E-state index contributed by atoms with van der Waals surface area (Å²) in [5, 5.41) is 42.4. The Labute approximate surface area is 234 Å². The van der Waals surface area contributed by atoms with Gasteiger partial charge in [0.25, 0.3) is 0 Å². The van der Waals surface area contributed by atoms with Crippen molar-refractivity contribution in [1.29, 1.82) is 0 Å². The van der Waals surface area contributed by atoms with E-state index in [1.165, 1.54) is 0 Å². The molecule has 0 aromatic heterocycles. The maximum absolute atomic E-state index is 11.0. The van der Waals surface area contributed by atoms with E-state index >= 15 is 0 Å². The van der Waals surface area contributed by atoms with Crippen LogP contribution in [0.3, 0.4) is 0 Å². The first kappa shape index (κ1) is 43.7. The van der Waals surface area contributed by atoms with Crippen molar-refractivity contribution >= 4 is 45.8 Å². The fourth-order valence-corrected chi connectivity index (χ4v) is 2.31. The van der Waals surface area contributed by atoms with Crippen molar-refractivity contribution in [2.45, 2.75) is 64.0 Å². The van der Waals surface area contributed by atoms with Crippen LogP contribution in [-0.2, 0) is 24.0 Å². The maximum Gasteiger partial charge on any atom is 1.00 e. The van der Waals surface area contributed by atoms with Gasteiger partial charge in [-0.2, -0.15) is 0 Å². The molecule has 0 aliphatic carbocycles. The molecule has 0 amide bonds. The number of carbonyl (C=O) groups is 5. The number of rotatable bonds is 16. The Hall–Kier alpha value is -1.33. The first-order valence-electron chi connectivity index (χ1n) is 10.2. The number of hydrogen-bond donors (Lipinski definition) is 7. The molecule has 0 saturated heterocycles. The molecule has 0 radical (unpaired) electrons. The van der Waals surface area contributed by atoms with Crippen molar-refractivity contribution < 1.29 is 84.5 Å². The summed E-state index contributed by atoms with van der Waals surface area (Å²) < 4.78 is 0. The number of carboxylic acids is 5. The van der Waals surface area contributed by atoms with Gasteiger partial charge in [0, 0.05) is 0 Å². The van der Waals surface area contributed by atoms with Gasteiger partial charge in [-0.05, 0) is 25.8 Å². The van der Waals surface area contributed by atoms with Gasteiger partial charge in [-0.1, -0.05) is 48.5 Å². The van der Waals surface area contributed by atoms with Gasteiger partial charge in [-0.3, -0.25) is 28.9 Å². The van der Waals surface area contributed by atoms with Crippen molar-refractivity contribution in [1.82, 2.24) is 4.90 Å². The van der Waals surface area contributed by atoms with Crippen LogP contribution in [0.1, 0.15) is 51.9 Å². The molecule has 0 rings (SSSR count). The van der Waals surface area contributed by atoms with Gasteiger partial charge in [0.2, 0.25) is 0 Å². The van der Waals surface area contributed by atoms with Crippen molar-refractivity contribution in [3.63, 3.8) is 0 Å². The second kappa shape index (κ2) is 28.9. The molecule has 0 aliphatic rings. The van der Waals surface area contributed by atoms with Crippen molar-refractivity contribution in [2.75, 3.05) is 25.0 Å². The molecule has 0 spiro atoms. The molecule has 16 heteroatoms. The van der Waals surface area contributed by atoms with E-state index in [9.17, 15) is 24.0 Å². The van der Waals surface area contributed by atoms with Crippen LogP contribution in [0.4, 0.5) is 0 Å². The van der Waals surface area contributed by atoms with Crippen LogP contribution in [-0.4, -0.2) is 103 Å². The van der Waals surface area contributed by atoms with E-state index in [0.29, 0.717) is 25.8 Å². The SMILES string of the molecule is CCCCCC(N)C(=O)O.NCCCCC(C(=O)O)N(CC(=O)O)CC(=O)O.O=C(O)CBr.[Na+].[OH-]. The van der Waals surface area contributed by atoms with Crippen LogP contribution < -0.4 is 41.0 Å². The first-order chi connectivity index (χ1) is 15.3. The van der Waals surface area contributed by atoms with Gasteiger partial charge >= 0.3 is 59.4 Å². The quantitative estimate of drug-likeness (QED) is 0.0551. The zero-order valence-electron chi connectivity index (χ0n) is 20.1. The minimum atomic E-state index is -1.26. The summed E-state index contributed by atoms with van der Waals surface area (Å²) in [6.45, 7) is 1.24. The molecule has 10 N–H and O–H groups in total. The number of halogens is 1. The van der Waals surface area contributed by atoms with Crippen molar-refractivity contribution in [3.8, 4) is 0 Å². The summed E-state index contributed by atoms with van der Waals surface area (Å²) in [6.07, 6.45) is 4.98. The molecule has 202 valence electrons. The number of unbranched alkanes of at least 4 members (excludes halogenated alkanes) is 3. The molecule has 14 nitrogen and oxygen atoms in total. The molecule has 2 atom stereocenters. The minimum absolute atomic E-state index is 0. The third-order valence-corrected chi connectivity index (χ3v) is 4.36. The second-order valence-electron chi connectivity index (χ2n) is 6.80.